The number of hydrogen-bond donors (Lipinski definition) is 2. The van der Waals surface area contributed by atoms with Crippen LogP contribution in [-0.4, -0.2) is 30.9 Å². The monoisotopic (exact) mass is 289 g/mol. The van der Waals surface area contributed by atoms with Crippen LogP contribution in [-0.2, 0) is 0 Å². The van der Waals surface area contributed by atoms with Gasteiger partial charge in [-0.15, -0.1) is 40.2 Å². The summed E-state index contributed by atoms with van der Waals surface area (Å²) in [7, 11) is 3.54. The fourth-order valence-corrected chi connectivity index (χ4v) is 1.52. The predicted molar refractivity (Wildman–Crippen MR) is 63.3 cm³/mol. The van der Waals surface area contributed by atoms with Crippen LogP contribution >= 0.6 is 40.2 Å². The second-order valence-electron chi connectivity index (χ2n) is 2.87. The summed E-state index contributed by atoms with van der Waals surface area (Å²) < 4.78 is -0.500. The normalized spacial score (nSPS) is 24.6. The minimum Gasteiger partial charge on any atom is -0.359 e. The van der Waals surface area contributed by atoms with Crippen LogP contribution in [0.2, 0.25) is 0 Å². The van der Waals surface area contributed by atoms with E-state index in [0.717, 1.165) is 18.9 Å². The largest absolute Gasteiger partial charge is 0.359 e. The Morgan fingerprint density at radius 3 is 2.46 bits per heavy atom. The average molecular weight is 291 g/mol. The number of nitrogens with one attached hydrogen (secondary N) is 2. The molecular formula is C7H14BrCl2N3. The second kappa shape index (κ2) is 5.27. The molecule has 0 radical (unpaired) electrons. The molecule has 13 heavy (non-hydrogen) atoms. The first kappa shape index (κ1) is 13.3. The lowest BCUT2D eigenvalue weighted by Gasteiger charge is -2.07. The maximum Gasteiger partial charge on any atom is 0.190 e. The van der Waals surface area contributed by atoms with Gasteiger partial charge in [-0.3, -0.25) is 4.99 Å². The molecular weight excluding hydrogens is 277 g/mol. The van der Waals surface area contributed by atoms with Crippen molar-refractivity contribution in [2.75, 3.05) is 20.6 Å². The van der Waals surface area contributed by atoms with Crippen molar-refractivity contribution < 1.29 is 0 Å². The van der Waals surface area contributed by atoms with Gasteiger partial charge >= 0.3 is 0 Å². The van der Waals surface area contributed by atoms with E-state index < -0.39 is 4.33 Å². The Hall–Kier alpha value is 0.330. The van der Waals surface area contributed by atoms with Gasteiger partial charge in [-0.25, -0.2) is 0 Å². The average Bonchev–Trinajstić information content (AvgIpc) is 2.61. The molecule has 1 aliphatic rings. The van der Waals surface area contributed by atoms with Gasteiger partial charge in [-0.1, -0.05) is 0 Å². The molecule has 1 fully saturated rings. The Labute approximate surface area is 99.0 Å². The molecule has 0 saturated heterocycles. The molecule has 2 N–H and O–H groups in total. The number of guanidine groups is 1. The number of nitrogens with zero attached hydrogens (tertiary/aromatic N) is 1. The molecule has 0 amide bonds. The third-order valence-corrected chi connectivity index (χ3v) is 2.86. The minimum atomic E-state index is -0.500. The number of hydrogen-bond acceptors (Lipinski definition) is 1. The van der Waals surface area contributed by atoms with Crippen LogP contribution in [0.3, 0.4) is 0 Å². The lowest BCUT2D eigenvalue weighted by atomic mass is 10.4. The molecule has 78 valence electrons. The zero-order chi connectivity index (χ0) is 9.19. The standard InChI is InChI=1S/C7H13Cl2N3.BrH/c1-10-6(11-2)12-4-5-3-7(5,8)9;/h5H,3-4H2,1-2H3,(H2,10,11,12);1H. The van der Waals surface area contributed by atoms with Gasteiger partial charge in [0, 0.05) is 26.6 Å². The summed E-state index contributed by atoms with van der Waals surface area (Å²) in [6.07, 6.45) is 0.865. The number of aliphatic imine (C=N–C) groups is 1. The van der Waals surface area contributed by atoms with Crippen molar-refractivity contribution in [2.45, 2.75) is 10.8 Å². The molecule has 1 rings (SSSR count). The summed E-state index contributed by atoms with van der Waals surface area (Å²) in [5.41, 5.74) is 0. The maximum absolute atomic E-state index is 5.84. The molecule has 0 spiro atoms. The van der Waals surface area contributed by atoms with E-state index in [-0.39, 0.29) is 17.0 Å². The topological polar surface area (TPSA) is 36.4 Å². The minimum absolute atomic E-state index is 0. The van der Waals surface area contributed by atoms with E-state index in [2.05, 4.69) is 15.6 Å². The van der Waals surface area contributed by atoms with E-state index in [1.807, 2.05) is 7.05 Å². The van der Waals surface area contributed by atoms with Crippen molar-refractivity contribution >= 4 is 46.1 Å². The molecule has 3 nitrogen and oxygen atoms in total. The third-order valence-electron chi connectivity index (χ3n) is 1.93. The van der Waals surface area contributed by atoms with E-state index in [0.29, 0.717) is 5.92 Å². The maximum atomic E-state index is 5.84. The Kier molecular flexibility index (Phi) is 5.40. The van der Waals surface area contributed by atoms with E-state index in [1.54, 1.807) is 7.05 Å². The van der Waals surface area contributed by atoms with Crippen molar-refractivity contribution in [1.29, 1.82) is 0 Å². The van der Waals surface area contributed by atoms with Gasteiger partial charge < -0.3 is 10.6 Å². The summed E-state index contributed by atoms with van der Waals surface area (Å²) in [5.74, 6) is 1.12. The Bertz CT molecular complexity index is 196. The first-order valence-corrected chi connectivity index (χ1v) is 4.62. The van der Waals surface area contributed by atoms with Crippen LogP contribution in [0.5, 0.6) is 0 Å². The fraction of sp³-hybridized carbons (Fsp3) is 0.857. The summed E-state index contributed by atoms with van der Waals surface area (Å²) in [4.78, 5) is 3.96. The molecule has 0 aromatic carbocycles. The van der Waals surface area contributed by atoms with Crippen molar-refractivity contribution in [1.82, 2.24) is 10.6 Å². The van der Waals surface area contributed by atoms with Gasteiger partial charge in [0.2, 0.25) is 0 Å². The lowest BCUT2D eigenvalue weighted by Crippen LogP contribution is -2.36. The molecule has 0 aromatic heterocycles. The summed E-state index contributed by atoms with van der Waals surface area (Å²) in [5, 5.41) is 6.02. The van der Waals surface area contributed by atoms with Crippen LogP contribution < -0.4 is 10.6 Å². The molecule has 0 bridgehead atoms. The van der Waals surface area contributed by atoms with Crippen molar-refractivity contribution in [3.8, 4) is 0 Å². The highest BCUT2D eigenvalue weighted by atomic mass is 79.9. The second-order valence-corrected chi connectivity index (χ2v) is 4.41. The van der Waals surface area contributed by atoms with Crippen LogP contribution in [0.4, 0.5) is 0 Å². The predicted octanol–water partition coefficient (Wildman–Crippen LogP) is 1.55. The van der Waals surface area contributed by atoms with Crippen LogP contribution in [0, 0.1) is 5.92 Å². The van der Waals surface area contributed by atoms with Crippen LogP contribution in [0.25, 0.3) is 0 Å². The van der Waals surface area contributed by atoms with Crippen molar-refractivity contribution in [3.63, 3.8) is 0 Å². The van der Waals surface area contributed by atoms with Gasteiger partial charge in [-0.2, -0.15) is 0 Å². The van der Waals surface area contributed by atoms with Gasteiger partial charge in [0.05, 0.1) is 0 Å². The lowest BCUT2D eigenvalue weighted by molar-refractivity contribution is 0.747. The summed E-state index contributed by atoms with van der Waals surface area (Å²) in [6.45, 7) is 0.778. The quantitative estimate of drug-likeness (QED) is 0.460. The Balaban J connectivity index is 0.00000144. The number of rotatable bonds is 2. The van der Waals surface area contributed by atoms with Crippen molar-refractivity contribution in [3.05, 3.63) is 0 Å². The van der Waals surface area contributed by atoms with Gasteiger partial charge in [0.1, 0.15) is 4.33 Å². The SMILES string of the molecule is Br.CN=C(NC)NCC1CC1(Cl)Cl. The van der Waals surface area contributed by atoms with E-state index in [4.69, 9.17) is 23.2 Å². The highest BCUT2D eigenvalue weighted by Crippen LogP contribution is 2.52. The first-order valence-electron chi connectivity index (χ1n) is 3.86. The zero-order valence-electron chi connectivity index (χ0n) is 7.60. The Morgan fingerprint density at radius 2 is 2.15 bits per heavy atom. The fourth-order valence-electron chi connectivity index (χ4n) is 0.990. The van der Waals surface area contributed by atoms with E-state index >= 15 is 0 Å². The molecule has 1 aliphatic carbocycles. The van der Waals surface area contributed by atoms with Crippen LogP contribution in [0.1, 0.15) is 6.42 Å². The van der Waals surface area contributed by atoms with Crippen LogP contribution in [0.15, 0.2) is 4.99 Å². The zero-order valence-corrected chi connectivity index (χ0v) is 10.8. The summed E-state index contributed by atoms with van der Waals surface area (Å²) >= 11 is 11.7. The van der Waals surface area contributed by atoms with E-state index in [9.17, 15) is 0 Å². The van der Waals surface area contributed by atoms with Gasteiger partial charge in [-0.05, 0) is 6.42 Å². The molecule has 0 heterocycles. The highest BCUT2D eigenvalue weighted by molar-refractivity contribution is 8.93. The molecule has 6 heteroatoms. The number of halogens is 3. The third kappa shape index (κ3) is 3.92. The van der Waals surface area contributed by atoms with Gasteiger partial charge in [0.15, 0.2) is 5.96 Å². The Morgan fingerprint density at radius 1 is 1.62 bits per heavy atom. The van der Waals surface area contributed by atoms with Gasteiger partial charge in [0.25, 0.3) is 0 Å². The number of alkyl halides is 2. The molecule has 1 saturated carbocycles. The molecule has 0 aliphatic heterocycles. The van der Waals surface area contributed by atoms with E-state index in [1.165, 1.54) is 0 Å². The molecule has 1 unspecified atom stereocenters. The highest BCUT2D eigenvalue weighted by Gasteiger charge is 2.51. The first-order chi connectivity index (χ1) is 5.60. The summed E-state index contributed by atoms with van der Waals surface area (Å²) in [6, 6.07) is 0. The molecule has 1 atom stereocenters. The molecule has 0 aromatic rings. The smallest absolute Gasteiger partial charge is 0.190 e. The van der Waals surface area contributed by atoms with Crippen molar-refractivity contribution in [2.24, 2.45) is 10.9 Å².